The second kappa shape index (κ2) is 7.83. The molecule has 4 nitrogen and oxygen atoms in total. The van der Waals surface area contributed by atoms with Crippen LogP contribution in [-0.4, -0.2) is 16.8 Å². The van der Waals surface area contributed by atoms with E-state index in [-0.39, 0.29) is 6.10 Å². The van der Waals surface area contributed by atoms with Gasteiger partial charge in [-0.2, -0.15) is 0 Å². The van der Waals surface area contributed by atoms with Crippen LogP contribution in [0, 0.1) is 0 Å². The lowest BCUT2D eigenvalue weighted by Crippen LogP contribution is -2.12. The van der Waals surface area contributed by atoms with Crippen LogP contribution < -0.4 is 4.74 Å². The molecule has 1 unspecified atom stereocenters. The van der Waals surface area contributed by atoms with E-state index in [0.29, 0.717) is 6.61 Å². The van der Waals surface area contributed by atoms with Gasteiger partial charge in [0.15, 0.2) is 0 Å². The molecular weight excluding hydrogens is 324 g/mol. The lowest BCUT2D eigenvalue weighted by Gasteiger charge is -2.11. The zero-order valence-corrected chi connectivity index (χ0v) is 14.4. The first kappa shape index (κ1) is 16.3. The molecule has 0 aliphatic carbocycles. The molecule has 0 radical (unpaired) electrons. The maximum Gasteiger partial charge on any atom is 0.137 e. The van der Waals surface area contributed by atoms with Crippen LogP contribution in [0.25, 0.3) is 0 Å². The van der Waals surface area contributed by atoms with Gasteiger partial charge in [-0.25, -0.2) is 0 Å². The lowest BCUT2D eigenvalue weighted by atomic mass is 10.0. The second-order valence-corrected chi connectivity index (χ2v) is 6.31. The van der Waals surface area contributed by atoms with Crippen molar-refractivity contribution in [2.24, 2.45) is 5.16 Å². The molecule has 0 bridgehead atoms. The molecule has 0 spiro atoms. The Morgan fingerprint density at radius 3 is 2.58 bits per heavy atom. The van der Waals surface area contributed by atoms with E-state index in [9.17, 15) is 0 Å². The third-order valence-electron chi connectivity index (χ3n) is 4.35. The van der Waals surface area contributed by atoms with Crippen molar-refractivity contribution >= 4 is 5.71 Å². The Morgan fingerprint density at radius 2 is 1.73 bits per heavy atom. The highest BCUT2D eigenvalue weighted by Crippen LogP contribution is 2.26. The van der Waals surface area contributed by atoms with Gasteiger partial charge in [0.05, 0.1) is 5.71 Å². The number of rotatable bonds is 6. The van der Waals surface area contributed by atoms with Crippen LogP contribution in [-0.2, 0) is 17.9 Å². The van der Waals surface area contributed by atoms with Gasteiger partial charge >= 0.3 is 0 Å². The van der Waals surface area contributed by atoms with Gasteiger partial charge < -0.3 is 9.57 Å². The summed E-state index contributed by atoms with van der Waals surface area (Å²) in [5, 5.41) is 4.32. The number of para-hydroxylation sites is 1. The number of benzene rings is 2. The highest BCUT2D eigenvalue weighted by Gasteiger charge is 2.24. The summed E-state index contributed by atoms with van der Waals surface area (Å²) in [6.07, 6.45) is 5.25. The summed E-state index contributed by atoms with van der Waals surface area (Å²) in [5.41, 5.74) is 4.23. The van der Waals surface area contributed by atoms with Gasteiger partial charge in [0, 0.05) is 30.8 Å². The number of ether oxygens (including phenoxy) is 1. The minimum absolute atomic E-state index is 0.0383. The molecule has 26 heavy (non-hydrogen) atoms. The fraction of sp³-hybridized carbons (Fsp3) is 0.182. The lowest BCUT2D eigenvalue weighted by molar-refractivity contribution is 0.0858. The zero-order chi connectivity index (χ0) is 17.6. The third kappa shape index (κ3) is 3.91. The van der Waals surface area contributed by atoms with Crippen LogP contribution >= 0.6 is 0 Å². The summed E-state index contributed by atoms with van der Waals surface area (Å²) in [7, 11) is 0. The van der Waals surface area contributed by atoms with Gasteiger partial charge in [-0.15, -0.1) is 0 Å². The van der Waals surface area contributed by atoms with Crippen molar-refractivity contribution in [1.82, 2.24) is 4.98 Å². The normalized spacial score (nSPS) is 16.0. The third-order valence-corrected chi connectivity index (χ3v) is 4.35. The number of oxime groups is 1. The molecule has 1 aliphatic rings. The number of aromatic nitrogens is 1. The molecule has 1 aromatic heterocycles. The van der Waals surface area contributed by atoms with Crippen molar-refractivity contribution in [1.29, 1.82) is 0 Å². The SMILES string of the molecule is c1ccc(COc2ccccc2C2=NOC(Cc3cccnc3)C2)cc1. The maximum atomic E-state index is 6.04. The van der Waals surface area contributed by atoms with Crippen LogP contribution in [0.2, 0.25) is 0 Å². The molecule has 2 aromatic carbocycles. The zero-order valence-electron chi connectivity index (χ0n) is 14.4. The molecule has 0 saturated heterocycles. The monoisotopic (exact) mass is 344 g/mol. The van der Waals surface area contributed by atoms with Crippen molar-refractivity contribution in [3.05, 3.63) is 95.8 Å². The number of pyridine rings is 1. The Kier molecular flexibility index (Phi) is 4.92. The van der Waals surface area contributed by atoms with E-state index in [1.54, 1.807) is 6.20 Å². The van der Waals surface area contributed by atoms with Crippen LogP contribution in [0.3, 0.4) is 0 Å². The molecule has 0 fully saturated rings. The van der Waals surface area contributed by atoms with E-state index >= 15 is 0 Å². The Labute approximate surface area is 153 Å². The first-order valence-corrected chi connectivity index (χ1v) is 8.76. The van der Waals surface area contributed by atoms with Crippen LogP contribution in [0.4, 0.5) is 0 Å². The van der Waals surface area contributed by atoms with Crippen molar-refractivity contribution < 1.29 is 9.57 Å². The van der Waals surface area contributed by atoms with Crippen molar-refractivity contribution in [2.45, 2.75) is 25.6 Å². The first-order valence-electron chi connectivity index (χ1n) is 8.76. The largest absolute Gasteiger partial charge is 0.488 e. The van der Waals surface area contributed by atoms with Crippen molar-refractivity contribution in [3.8, 4) is 5.75 Å². The van der Waals surface area contributed by atoms with E-state index < -0.39 is 0 Å². The quantitative estimate of drug-likeness (QED) is 0.666. The fourth-order valence-electron chi connectivity index (χ4n) is 3.04. The summed E-state index contributed by atoms with van der Waals surface area (Å²) in [6.45, 7) is 0.533. The summed E-state index contributed by atoms with van der Waals surface area (Å²) in [6, 6.07) is 22.2. The molecular formula is C22H20N2O2. The first-order chi connectivity index (χ1) is 12.9. The van der Waals surface area contributed by atoms with E-state index in [1.165, 1.54) is 0 Å². The molecule has 130 valence electrons. The van der Waals surface area contributed by atoms with Gasteiger partial charge in [0.1, 0.15) is 18.5 Å². The Bertz CT molecular complexity index is 879. The van der Waals surface area contributed by atoms with E-state index in [0.717, 1.165) is 41.0 Å². The van der Waals surface area contributed by atoms with Crippen molar-refractivity contribution in [3.63, 3.8) is 0 Å². The predicted molar refractivity (Wildman–Crippen MR) is 101 cm³/mol. The average molecular weight is 344 g/mol. The smallest absolute Gasteiger partial charge is 0.137 e. The highest BCUT2D eigenvalue weighted by molar-refractivity contribution is 6.03. The van der Waals surface area contributed by atoms with E-state index in [1.807, 2.05) is 54.7 Å². The summed E-state index contributed by atoms with van der Waals surface area (Å²) >= 11 is 0. The summed E-state index contributed by atoms with van der Waals surface area (Å²) < 4.78 is 6.04. The van der Waals surface area contributed by atoms with Gasteiger partial charge in [0.2, 0.25) is 0 Å². The van der Waals surface area contributed by atoms with Crippen molar-refractivity contribution in [2.75, 3.05) is 0 Å². The van der Waals surface area contributed by atoms with E-state index in [4.69, 9.17) is 9.57 Å². The number of hydrogen-bond acceptors (Lipinski definition) is 4. The molecule has 1 aliphatic heterocycles. The molecule has 0 N–H and O–H groups in total. The standard InChI is InChI=1S/C22H20N2O2/c1-2-7-17(8-3-1)16-25-22-11-5-4-10-20(22)21-14-19(26-24-21)13-18-9-6-12-23-15-18/h1-12,15,19H,13-14,16H2. The average Bonchev–Trinajstić information content (AvgIpc) is 3.16. The Morgan fingerprint density at radius 1 is 0.923 bits per heavy atom. The van der Waals surface area contributed by atoms with Crippen LogP contribution in [0.1, 0.15) is 23.1 Å². The molecule has 4 rings (SSSR count). The summed E-state index contributed by atoms with van der Waals surface area (Å²) in [4.78, 5) is 9.80. The van der Waals surface area contributed by atoms with Crippen LogP contribution in [0.15, 0.2) is 84.3 Å². The molecule has 1 atom stereocenters. The second-order valence-electron chi connectivity index (χ2n) is 6.31. The van der Waals surface area contributed by atoms with Gasteiger partial charge in [-0.1, -0.05) is 53.7 Å². The fourth-order valence-corrected chi connectivity index (χ4v) is 3.04. The summed E-state index contributed by atoms with van der Waals surface area (Å²) in [5.74, 6) is 0.834. The van der Waals surface area contributed by atoms with Gasteiger partial charge in [-0.3, -0.25) is 4.98 Å². The molecule has 0 saturated carbocycles. The predicted octanol–water partition coefficient (Wildman–Crippen LogP) is 4.40. The minimum atomic E-state index is 0.0383. The van der Waals surface area contributed by atoms with Gasteiger partial charge in [0.25, 0.3) is 0 Å². The van der Waals surface area contributed by atoms with E-state index in [2.05, 4.69) is 28.3 Å². The van der Waals surface area contributed by atoms with Gasteiger partial charge in [-0.05, 0) is 29.3 Å². The highest BCUT2D eigenvalue weighted by atomic mass is 16.6. The molecule has 2 heterocycles. The maximum absolute atomic E-state index is 6.04. The molecule has 4 heteroatoms. The molecule has 3 aromatic rings. The number of hydrogen-bond donors (Lipinski definition) is 0. The Balaban J connectivity index is 1.43. The topological polar surface area (TPSA) is 43.7 Å². The van der Waals surface area contributed by atoms with Crippen LogP contribution in [0.5, 0.6) is 5.75 Å². The number of nitrogens with zero attached hydrogens (tertiary/aromatic N) is 2. The minimum Gasteiger partial charge on any atom is -0.488 e. The molecule has 0 amide bonds. The Hall–Kier alpha value is -3.14.